The second kappa shape index (κ2) is 5.75. The maximum absolute atomic E-state index is 12.0. The highest BCUT2D eigenvalue weighted by atomic mass is 16.2. The largest absolute Gasteiger partial charge is 0.309 e. The van der Waals surface area contributed by atoms with E-state index in [0.717, 1.165) is 17.7 Å². The van der Waals surface area contributed by atoms with E-state index in [9.17, 15) is 9.59 Å². The molecule has 0 N–H and O–H groups in total. The summed E-state index contributed by atoms with van der Waals surface area (Å²) in [6.45, 7) is 3.71. The summed E-state index contributed by atoms with van der Waals surface area (Å²) in [5.74, 6) is -0.0344. The van der Waals surface area contributed by atoms with E-state index in [-0.39, 0.29) is 30.7 Å². The summed E-state index contributed by atoms with van der Waals surface area (Å²) < 4.78 is 0. The number of benzene rings is 1. The van der Waals surface area contributed by atoms with Gasteiger partial charge in [-0.3, -0.25) is 9.59 Å². The molecule has 0 aromatic heterocycles. The highest BCUT2D eigenvalue weighted by Crippen LogP contribution is 2.33. The van der Waals surface area contributed by atoms with Gasteiger partial charge in [0.05, 0.1) is 0 Å². The predicted molar refractivity (Wildman–Crippen MR) is 75.7 cm³/mol. The van der Waals surface area contributed by atoms with Crippen LogP contribution in [0.5, 0.6) is 0 Å². The third-order valence-corrected chi connectivity index (χ3v) is 3.46. The molecule has 6 heteroatoms. The highest BCUT2D eigenvalue weighted by molar-refractivity contribution is 5.99. The van der Waals surface area contributed by atoms with E-state index < -0.39 is 0 Å². The Kier molecular flexibility index (Phi) is 4.05. The van der Waals surface area contributed by atoms with Gasteiger partial charge in [0.2, 0.25) is 5.91 Å². The molecular weight excluding hydrogens is 256 g/mol. The Labute approximate surface area is 117 Å². The molecule has 0 saturated heterocycles. The normalized spacial score (nSPS) is 16.5. The van der Waals surface area contributed by atoms with Crippen LogP contribution in [-0.2, 0) is 11.2 Å². The lowest BCUT2D eigenvalue weighted by atomic mass is 10.0. The van der Waals surface area contributed by atoms with Gasteiger partial charge in [-0.05, 0) is 42.6 Å². The average molecular weight is 272 g/mol. The summed E-state index contributed by atoms with van der Waals surface area (Å²) in [4.78, 5) is 28.0. The monoisotopic (exact) mass is 272 g/mol. The SMILES string of the molecule is CC(=O)N1c2ccc(C(=O)CCN=[N+]=[N-])cc2CC1C. The van der Waals surface area contributed by atoms with Gasteiger partial charge in [-0.1, -0.05) is 5.11 Å². The van der Waals surface area contributed by atoms with Crippen molar-refractivity contribution < 1.29 is 9.59 Å². The minimum atomic E-state index is -0.0471. The molecule has 1 unspecified atom stereocenters. The molecule has 1 aliphatic heterocycles. The van der Waals surface area contributed by atoms with Crippen LogP contribution >= 0.6 is 0 Å². The number of nitrogens with zero attached hydrogens (tertiary/aromatic N) is 4. The van der Waals surface area contributed by atoms with Crippen LogP contribution in [0.1, 0.15) is 36.2 Å². The topological polar surface area (TPSA) is 86.1 Å². The van der Waals surface area contributed by atoms with E-state index in [1.807, 2.05) is 19.1 Å². The lowest BCUT2D eigenvalue weighted by molar-refractivity contribution is -0.116. The fourth-order valence-corrected chi connectivity index (χ4v) is 2.63. The minimum absolute atomic E-state index is 0.0127. The first-order valence-corrected chi connectivity index (χ1v) is 6.51. The first-order valence-electron chi connectivity index (χ1n) is 6.51. The lowest BCUT2D eigenvalue weighted by Crippen LogP contribution is -2.33. The van der Waals surface area contributed by atoms with Gasteiger partial charge in [-0.2, -0.15) is 0 Å². The molecule has 0 bridgehead atoms. The molecule has 0 aliphatic carbocycles. The molecule has 2 rings (SSSR count). The molecule has 1 atom stereocenters. The summed E-state index contributed by atoms with van der Waals surface area (Å²) in [5.41, 5.74) is 10.7. The van der Waals surface area contributed by atoms with Gasteiger partial charge in [-0.25, -0.2) is 0 Å². The van der Waals surface area contributed by atoms with Gasteiger partial charge < -0.3 is 4.90 Å². The van der Waals surface area contributed by atoms with Crippen molar-refractivity contribution in [1.82, 2.24) is 0 Å². The van der Waals surface area contributed by atoms with Crippen molar-refractivity contribution in [2.45, 2.75) is 32.7 Å². The van der Waals surface area contributed by atoms with Crippen molar-refractivity contribution in [2.24, 2.45) is 5.11 Å². The molecule has 6 nitrogen and oxygen atoms in total. The van der Waals surface area contributed by atoms with Crippen LogP contribution in [0.3, 0.4) is 0 Å². The molecular formula is C14H16N4O2. The zero-order valence-corrected chi connectivity index (χ0v) is 11.5. The summed E-state index contributed by atoms with van der Waals surface area (Å²) in [6, 6.07) is 5.51. The first kappa shape index (κ1) is 14.1. The van der Waals surface area contributed by atoms with E-state index in [0.29, 0.717) is 5.56 Å². The number of hydrogen-bond donors (Lipinski definition) is 0. The Morgan fingerprint density at radius 2 is 2.25 bits per heavy atom. The van der Waals surface area contributed by atoms with E-state index in [4.69, 9.17) is 5.53 Å². The Bertz CT molecular complexity index is 605. The second-order valence-electron chi connectivity index (χ2n) is 4.91. The molecule has 20 heavy (non-hydrogen) atoms. The highest BCUT2D eigenvalue weighted by Gasteiger charge is 2.29. The summed E-state index contributed by atoms with van der Waals surface area (Å²) in [6.07, 6.45) is 0.960. The number of hydrogen-bond acceptors (Lipinski definition) is 3. The van der Waals surface area contributed by atoms with Gasteiger partial charge in [-0.15, -0.1) is 0 Å². The van der Waals surface area contributed by atoms with E-state index in [1.165, 1.54) is 0 Å². The third kappa shape index (κ3) is 2.65. The summed E-state index contributed by atoms with van der Waals surface area (Å²) in [7, 11) is 0. The maximum Gasteiger partial charge on any atom is 0.224 e. The Morgan fingerprint density at radius 1 is 1.50 bits per heavy atom. The van der Waals surface area contributed by atoms with Gasteiger partial charge in [0.1, 0.15) is 0 Å². The van der Waals surface area contributed by atoms with Crippen molar-refractivity contribution in [3.63, 3.8) is 0 Å². The number of azide groups is 1. The number of Topliss-reactive ketones (excluding diaryl/α,β-unsaturated/α-hetero) is 1. The van der Waals surface area contributed by atoms with Crippen LogP contribution in [0.15, 0.2) is 23.3 Å². The molecule has 0 fully saturated rings. The second-order valence-corrected chi connectivity index (χ2v) is 4.91. The molecule has 0 spiro atoms. The number of fused-ring (bicyclic) bond motifs is 1. The lowest BCUT2D eigenvalue weighted by Gasteiger charge is -2.20. The van der Waals surface area contributed by atoms with Gasteiger partial charge in [0.25, 0.3) is 0 Å². The van der Waals surface area contributed by atoms with Crippen molar-refractivity contribution in [3.8, 4) is 0 Å². The fraction of sp³-hybridized carbons (Fsp3) is 0.429. The predicted octanol–water partition coefficient (Wildman–Crippen LogP) is 2.87. The van der Waals surface area contributed by atoms with Crippen molar-refractivity contribution >= 4 is 17.4 Å². The van der Waals surface area contributed by atoms with Crippen molar-refractivity contribution in [2.75, 3.05) is 11.4 Å². The van der Waals surface area contributed by atoms with E-state index >= 15 is 0 Å². The third-order valence-electron chi connectivity index (χ3n) is 3.46. The van der Waals surface area contributed by atoms with Crippen LogP contribution in [0, 0.1) is 0 Å². The number of amides is 1. The molecule has 1 amide bonds. The fourth-order valence-electron chi connectivity index (χ4n) is 2.63. The maximum atomic E-state index is 12.0. The summed E-state index contributed by atoms with van der Waals surface area (Å²) >= 11 is 0. The van der Waals surface area contributed by atoms with E-state index in [1.54, 1.807) is 17.9 Å². The van der Waals surface area contributed by atoms with Crippen molar-refractivity contribution in [3.05, 3.63) is 39.8 Å². The standard InChI is InChI=1S/C14H16N4O2/c1-9-7-12-8-11(14(20)5-6-16-17-15)3-4-13(12)18(9)10(2)19/h3-4,8-9H,5-7H2,1-2H3. The van der Waals surface area contributed by atoms with Crippen molar-refractivity contribution in [1.29, 1.82) is 0 Å². The minimum Gasteiger partial charge on any atom is -0.309 e. The number of carbonyl (C=O) groups excluding carboxylic acids is 2. The van der Waals surface area contributed by atoms with Crippen LogP contribution in [0.25, 0.3) is 10.4 Å². The Morgan fingerprint density at radius 3 is 2.90 bits per heavy atom. The molecule has 1 aromatic rings. The van der Waals surface area contributed by atoms with Crippen LogP contribution < -0.4 is 4.90 Å². The Hall–Kier alpha value is -2.33. The number of anilines is 1. The Balaban J connectivity index is 2.22. The van der Waals surface area contributed by atoms with Crippen LogP contribution in [0.4, 0.5) is 5.69 Å². The van der Waals surface area contributed by atoms with Crippen LogP contribution in [-0.4, -0.2) is 24.3 Å². The number of carbonyl (C=O) groups is 2. The zero-order valence-electron chi connectivity index (χ0n) is 11.5. The molecule has 0 saturated carbocycles. The molecule has 1 heterocycles. The van der Waals surface area contributed by atoms with Crippen LogP contribution in [0.2, 0.25) is 0 Å². The molecule has 1 aliphatic rings. The molecule has 104 valence electrons. The zero-order chi connectivity index (χ0) is 14.7. The molecule has 0 radical (unpaired) electrons. The summed E-state index contributed by atoms with van der Waals surface area (Å²) in [5, 5.41) is 3.36. The van der Waals surface area contributed by atoms with Gasteiger partial charge in [0, 0.05) is 42.1 Å². The van der Waals surface area contributed by atoms with E-state index in [2.05, 4.69) is 10.0 Å². The molecule has 1 aromatic carbocycles. The van der Waals surface area contributed by atoms with Gasteiger partial charge >= 0.3 is 0 Å². The number of ketones is 1. The number of rotatable bonds is 4. The first-order chi connectivity index (χ1) is 9.54. The van der Waals surface area contributed by atoms with Gasteiger partial charge in [0.15, 0.2) is 5.78 Å². The quantitative estimate of drug-likeness (QED) is 0.365. The smallest absolute Gasteiger partial charge is 0.224 e. The average Bonchev–Trinajstić information content (AvgIpc) is 2.73.